The van der Waals surface area contributed by atoms with Crippen LogP contribution < -0.4 is 10.6 Å². The molecule has 3 aromatic rings. The molecule has 9 atom stereocenters. The maximum absolute atomic E-state index is 14.6. The third-order valence-electron chi connectivity index (χ3n) is 13.7. The molecular formula is C50H58N8O17S. The number of aliphatic hydroxyl groups is 2. The normalized spacial score (nSPS) is 22.0. The lowest BCUT2D eigenvalue weighted by molar-refractivity contribution is -0.385. The predicted molar refractivity (Wildman–Crippen MR) is 268 cm³/mol. The number of carbonyl (C=O) groups is 6. The monoisotopic (exact) mass is 1070 g/mol. The van der Waals surface area contributed by atoms with Crippen LogP contribution in [0.1, 0.15) is 70.1 Å². The third kappa shape index (κ3) is 13.2. The van der Waals surface area contributed by atoms with E-state index in [1.165, 1.54) is 106 Å². The number of hydrogen-bond acceptors (Lipinski definition) is 18. The number of esters is 1. The average Bonchev–Trinajstić information content (AvgIpc) is 4.17. The van der Waals surface area contributed by atoms with Gasteiger partial charge in [-0.2, -0.15) is 0 Å². The molecule has 4 heterocycles. The van der Waals surface area contributed by atoms with Crippen molar-refractivity contribution in [1.29, 1.82) is 0 Å². The van der Waals surface area contributed by atoms with Crippen LogP contribution in [0.2, 0.25) is 0 Å². The molecule has 0 spiro atoms. The number of rotatable bonds is 21. The summed E-state index contributed by atoms with van der Waals surface area (Å²) in [5, 5.41) is 60.1. The molecule has 3 saturated heterocycles. The number of alkyl carbamates (subject to hydrolysis) is 1. The number of nitrogens with zero attached hydrogens (tertiary/aromatic N) is 6. The van der Waals surface area contributed by atoms with Crippen molar-refractivity contribution in [3.63, 3.8) is 0 Å². The topological polar surface area (TPSA) is 334 Å². The number of β-lactam (4-membered cyclic amide) rings is 1. The summed E-state index contributed by atoms with van der Waals surface area (Å²) in [4.78, 5) is 118. The predicted octanol–water partition coefficient (Wildman–Crippen LogP) is 4.85. The van der Waals surface area contributed by atoms with Gasteiger partial charge >= 0.3 is 18.2 Å². The molecule has 26 heteroatoms. The first-order valence-corrected chi connectivity index (χ1v) is 25.4. The van der Waals surface area contributed by atoms with Crippen LogP contribution in [0.25, 0.3) is 0 Å². The molecule has 3 fully saturated rings. The third-order valence-corrected chi connectivity index (χ3v) is 15.2. The Morgan fingerprint density at radius 3 is 1.82 bits per heavy atom. The first-order valence-electron chi connectivity index (χ1n) is 24.5. The minimum atomic E-state index is -1.34. The highest BCUT2D eigenvalue weighted by atomic mass is 32.2. The van der Waals surface area contributed by atoms with Crippen LogP contribution in [-0.4, -0.2) is 137 Å². The smallest absolute Gasteiger partial charge is 0.410 e. The first-order chi connectivity index (χ1) is 36.1. The summed E-state index contributed by atoms with van der Waals surface area (Å²) in [7, 11) is 0. The van der Waals surface area contributed by atoms with Crippen molar-refractivity contribution in [1.82, 2.24) is 25.3 Å². The maximum atomic E-state index is 14.6. The number of likely N-dealkylation sites (tertiary alicyclic amines) is 2. The van der Waals surface area contributed by atoms with Crippen LogP contribution in [0, 0.1) is 48.1 Å². The van der Waals surface area contributed by atoms with E-state index in [9.17, 15) is 69.3 Å². The lowest BCUT2D eigenvalue weighted by atomic mass is 9.79. The summed E-state index contributed by atoms with van der Waals surface area (Å²) >= 11 is 1.19. The number of aliphatic hydroxyl groups excluding tert-OH is 2. The van der Waals surface area contributed by atoms with Gasteiger partial charge in [0.25, 0.3) is 17.1 Å². The number of ether oxygens (including phenoxy) is 3. The van der Waals surface area contributed by atoms with Gasteiger partial charge in [-0.25, -0.2) is 14.4 Å². The van der Waals surface area contributed by atoms with Crippen molar-refractivity contribution in [3.8, 4) is 0 Å². The summed E-state index contributed by atoms with van der Waals surface area (Å²) in [6.07, 6.45) is -3.90. The van der Waals surface area contributed by atoms with Crippen molar-refractivity contribution in [2.24, 2.45) is 17.8 Å². The molecule has 4 aliphatic rings. The van der Waals surface area contributed by atoms with Gasteiger partial charge in [-0.15, -0.1) is 11.8 Å². The Labute approximate surface area is 439 Å². The Morgan fingerprint density at radius 1 is 0.776 bits per heavy atom. The highest BCUT2D eigenvalue weighted by Gasteiger charge is 2.61. The Hall–Kier alpha value is -7.71. The minimum absolute atomic E-state index is 0.0162. The lowest BCUT2D eigenvalue weighted by Gasteiger charge is -2.46. The van der Waals surface area contributed by atoms with Gasteiger partial charge in [0.1, 0.15) is 31.6 Å². The number of benzene rings is 3. The molecule has 0 aliphatic carbocycles. The zero-order valence-corrected chi connectivity index (χ0v) is 42.7. The van der Waals surface area contributed by atoms with Crippen molar-refractivity contribution < 1.29 is 68.0 Å². The van der Waals surface area contributed by atoms with Crippen molar-refractivity contribution in [2.45, 2.75) is 115 Å². The van der Waals surface area contributed by atoms with Gasteiger partial charge in [-0.1, -0.05) is 20.8 Å². The second-order valence-electron chi connectivity index (χ2n) is 19.6. The molecule has 4 aliphatic heterocycles. The van der Waals surface area contributed by atoms with Gasteiger partial charge in [0.2, 0.25) is 17.7 Å². The summed E-state index contributed by atoms with van der Waals surface area (Å²) in [6, 6.07) is 13.0. The Kier molecular flexibility index (Phi) is 17.9. The Balaban J connectivity index is 1.02. The zero-order chi connectivity index (χ0) is 55.1. The molecule has 0 saturated carbocycles. The van der Waals surface area contributed by atoms with E-state index in [-0.39, 0.29) is 81.0 Å². The summed E-state index contributed by atoms with van der Waals surface area (Å²) in [6.45, 7) is 6.37. The van der Waals surface area contributed by atoms with Crippen molar-refractivity contribution in [2.75, 3.05) is 19.6 Å². The van der Waals surface area contributed by atoms with Gasteiger partial charge < -0.3 is 44.9 Å². The van der Waals surface area contributed by atoms with Gasteiger partial charge in [0.15, 0.2) is 0 Å². The van der Waals surface area contributed by atoms with Crippen LogP contribution in [-0.2, 0) is 53.2 Å². The number of nitro groups is 3. The molecule has 0 aromatic heterocycles. The van der Waals surface area contributed by atoms with E-state index in [2.05, 4.69) is 10.6 Å². The van der Waals surface area contributed by atoms with E-state index in [0.29, 0.717) is 28.0 Å². The lowest BCUT2D eigenvalue weighted by Crippen LogP contribution is -2.63. The molecule has 3 aromatic carbocycles. The Bertz CT molecular complexity index is 2740. The quantitative estimate of drug-likeness (QED) is 0.0364. The maximum Gasteiger partial charge on any atom is 0.410 e. The van der Waals surface area contributed by atoms with Crippen LogP contribution in [0.15, 0.2) is 83.4 Å². The van der Waals surface area contributed by atoms with E-state index in [1.807, 2.05) is 13.8 Å². The summed E-state index contributed by atoms with van der Waals surface area (Å²) in [5.74, 6) is -3.72. The van der Waals surface area contributed by atoms with Crippen LogP contribution in [0.5, 0.6) is 0 Å². The number of thioether (sulfide) groups is 1. The average molecular weight is 1080 g/mol. The number of nitro benzene ring substituents is 3. The van der Waals surface area contributed by atoms with E-state index in [0.717, 1.165) is 0 Å². The summed E-state index contributed by atoms with van der Waals surface area (Å²) in [5.41, 5.74) is 0.855. The van der Waals surface area contributed by atoms with E-state index in [1.54, 1.807) is 6.92 Å². The molecular weight excluding hydrogens is 1020 g/mol. The molecule has 406 valence electrons. The van der Waals surface area contributed by atoms with E-state index in [4.69, 9.17) is 14.2 Å². The largest absolute Gasteiger partial charge is 0.456 e. The number of non-ortho nitro benzene ring substituents is 3. The molecule has 5 amide bonds. The van der Waals surface area contributed by atoms with E-state index < -0.39 is 111 Å². The minimum Gasteiger partial charge on any atom is -0.456 e. The molecule has 0 bridgehead atoms. The zero-order valence-electron chi connectivity index (χ0n) is 41.9. The fourth-order valence-electron chi connectivity index (χ4n) is 9.82. The highest BCUT2D eigenvalue weighted by Crippen LogP contribution is 2.52. The second kappa shape index (κ2) is 24.3. The first kappa shape index (κ1) is 56.0. The van der Waals surface area contributed by atoms with Crippen molar-refractivity contribution >= 4 is 64.7 Å². The molecule has 25 nitrogen and oxygen atoms in total. The van der Waals surface area contributed by atoms with Crippen LogP contribution in [0.4, 0.5) is 26.7 Å². The van der Waals surface area contributed by atoms with Gasteiger partial charge in [0, 0.05) is 78.1 Å². The number of nitrogens with one attached hydrogen (secondary N) is 2. The molecule has 76 heavy (non-hydrogen) atoms. The SMILES string of the molecule is CC(C)C[C@H](NC(=O)OCc1ccc([N+](=O)[O-])cc1)[C@@H](O)CC(=O)N[C@H]1CCN(C(=O)[C@@H]2C[C@H](SC3=C(C(=O)OCc4ccc([N+](=O)[O-])cc4)N4C(=O)[C@H]([C@@H](C)O)[C@H]4[C@H]3C)CN2C(=O)OCc2ccc([N+](=O)[O-])cc2)C1. The molecule has 0 radical (unpaired) electrons. The molecule has 0 unspecified atom stereocenters. The van der Waals surface area contributed by atoms with E-state index >= 15 is 0 Å². The fourth-order valence-corrected chi connectivity index (χ4v) is 11.3. The number of fused-ring (bicyclic) bond motifs is 1. The summed E-state index contributed by atoms with van der Waals surface area (Å²) < 4.78 is 16.6. The standard InChI is InChI=1S/C50H58N8O17S/c1-27(2)19-38(52-49(65)74-25-31-7-13-35(14-8-31)57(69)70)40(60)21-41(61)51-33-17-18-53(22-33)46(62)39-20-37(23-54(39)50(66)75-26-32-9-15-36(16-10-32)58(71)72)76-45-28(3)43-42(29(4)59)47(63)55(43)44(45)48(64)73-24-30-5-11-34(12-6-30)56(67)68/h5-16,27-29,33,37-40,42-43,59-60H,17-26H2,1-4H3,(H,51,61)(H,52,65)/t28-,29-,33+,37+,38+,39+,40+,42-,43-/m1/s1. The molecule has 7 rings (SSSR count). The van der Waals surface area contributed by atoms with Gasteiger partial charge in [0.05, 0.1) is 51.4 Å². The number of carbonyl (C=O) groups excluding carboxylic acids is 6. The Morgan fingerprint density at radius 2 is 1.30 bits per heavy atom. The second-order valence-corrected chi connectivity index (χ2v) is 20.9. The number of hydrogen-bond donors (Lipinski definition) is 4. The van der Waals surface area contributed by atoms with Crippen LogP contribution >= 0.6 is 11.8 Å². The highest BCUT2D eigenvalue weighted by molar-refractivity contribution is 8.03. The van der Waals surface area contributed by atoms with Crippen LogP contribution in [0.3, 0.4) is 0 Å². The van der Waals surface area contributed by atoms with Gasteiger partial charge in [-0.05, 0) is 85.2 Å². The molecule has 4 N–H and O–H groups in total. The number of amides is 5. The fraction of sp³-hybridized carbons (Fsp3) is 0.480. The van der Waals surface area contributed by atoms with Gasteiger partial charge in [-0.3, -0.25) is 49.6 Å². The van der Waals surface area contributed by atoms with Crippen molar-refractivity contribution in [3.05, 3.63) is 130 Å².